The number of sulfonamides is 1. The van der Waals surface area contributed by atoms with E-state index in [-0.39, 0.29) is 16.9 Å². The third-order valence-electron chi connectivity index (χ3n) is 4.94. The Balaban J connectivity index is 1.88. The van der Waals surface area contributed by atoms with Crippen LogP contribution in [0.2, 0.25) is 0 Å². The Morgan fingerprint density at radius 2 is 1.81 bits per heavy atom. The van der Waals surface area contributed by atoms with E-state index in [0.29, 0.717) is 12.3 Å². The molecular weight excluding hydrogens is 364 g/mol. The minimum absolute atomic E-state index is 0.0859. The van der Waals surface area contributed by atoms with Gasteiger partial charge in [0.15, 0.2) is 0 Å². The van der Waals surface area contributed by atoms with Gasteiger partial charge in [0.25, 0.3) is 0 Å². The van der Waals surface area contributed by atoms with Gasteiger partial charge in [-0.1, -0.05) is 18.2 Å². The first kappa shape index (κ1) is 19.7. The lowest BCUT2D eigenvalue weighted by molar-refractivity contribution is 0.374. The fourth-order valence-electron chi connectivity index (χ4n) is 3.49. The molecule has 0 radical (unpaired) electrons. The Labute approximate surface area is 160 Å². The monoisotopic (exact) mass is 390 g/mol. The molecular formula is C20H26N2O4S. The summed E-state index contributed by atoms with van der Waals surface area (Å²) in [5.74, 6) is 1.22. The van der Waals surface area contributed by atoms with Gasteiger partial charge in [-0.2, -0.15) is 0 Å². The second kappa shape index (κ2) is 8.29. The molecule has 7 heteroatoms. The van der Waals surface area contributed by atoms with Crippen LogP contribution in [0.3, 0.4) is 0 Å². The fourth-order valence-corrected chi connectivity index (χ4v) is 5.02. The third-order valence-corrected chi connectivity index (χ3v) is 6.45. The van der Waals surface area contributed by atoms with Crippen LogP contribution in [0.25, 0.3) is 0 Å². The SMILES string of the molecule is COc1ccc(C2CCNCC2NS(=O)(=O)c2cc(C)ccc2OC)cc1. The lowest BCUT2D eigenvalue weighted by Crippen LogP contribution is -2.49. The molecule has 1 aliphatic heterocycles. The molecule has 27 heavy (non-hydrogen) atoms. The second-order valence-corrected chi connectivity index (χ2v) is 8.44. The van der Waals surface area contributed by atoms with Gasteiger partial charge in [-0.15, -0.1) is 0 Å². The smallest absolute Gasteiger partial charge is 0.244 e. The van der Waals surface area contributed by atoms with Gasteiger partial charge in [0.1, 0.15) is 16.4 Å². The number of hydrogen-bond acceptors (Lipinski definition) is 5. The molecule has 0 amide bonds. The number of piperidine rings is 1. The second-order valence-electron chi connectivity index (χ2n) is 6.75. The van der Waals surface area contributed by atoms with Gasteiger partial charge < -0.3 is 14.8 Å². The van der Waals surface area contributed by atoms with Crippen molar-refractivity contribution in [1.29, 1.82) is 0 Å². The van der Waals surface area contributed by atoms with E-state index in [2.05, 4.69) is 10.0 Å². The van der Waals surface area contributed by atoms with Crippen molar-refractivity contribution >= 4 is 10.0 Å². The number of rotatable bonds is 6. The first-order chi connectivity index (χ1) is 12.9. The standard InChI is InChI=1S/C20H26N2O4S/c1-14-4-9-19(26-3)20(12-14)27(23,24)22-18-13-21-11-10-17(18)15-5-7-16(25-2)8-6-15/h4-9,12,17-18,21-22H,10-11,13H2,1-3H3. The van der Waals surface area contributed by atoms with Gasteiger partial charge in [0.05, 0.1) is 14.2 Å². The van der Waals surface area contributed by atoms with E-state index >= 15 is 0 Å². The predicted octanol–water partition coefficient (Wildman–Crippen LogP) is 2.44. The van der Waals surface area contributed by atoms with E-state index in [4.69, 9.17) is 9.47 Å². The van der Waals surface area contributed by atoms with Crippen LogP contribution in [0.1, 0.15) is 23.5 Å². The molecule has 2 unspecified atom stereocenters. The topological polar surface area (TPSA) is 76.7 Å². The molecule has 0 aromatic heterocycles. The Hall–Kier alpha value is -2.09. The molecule has 2 N–H and O–H groups in total. The number of benzene rings is 2. The minimum atomic E-state index is -3.72. The number of methoxy groups -OCH3 is 2. The van der Waals surface area contributed by atoms with Crippen LogP contribution >= 0.6 is 0 Å². The van der Waals surface area contributed by atoms with Crippen molar-refractivity contribution in [3.8, 4) is 11.5 Å². The summed E-state index contributed by atoms with van der Waals surface area (Å²) in [6, 6.07) is 12.7. The molecule has 0 spiro atoms. The van der Waals surface area contributed by atoms with Crippen molar-refractivity contribution in [2.75, 3.05) is 27.3 Å². The highest BCUT2D eigenvalue weighted by Gasteiger charge is 2.31. The van der Waals surface area contributed by atoms with Gasteiger partial charge in [0, 0.05) is 18.5 Å². The normalized spacial score (nSPS) is 20.3. The molecule has 2 aromatic carbocycles. The zero-order valence-corrected chi connectivity index (χ0v) is 16.7. The zero-order chi connectivity index (χ0) is 19.4. The van der Waals surface area contributed by atoms with E-state index in [1.807, 2.05) is 37.3 Å². The van der Waals surface area contributed by atoms with Crippen LogP contribution in [0.15, 0.2) is 47.4 Å². The maximum absolute atomic E-state index is 13.1. The van der Waals surface area contributed by atoms with Crippen LogP contribution in [0.4, 0.5) is 0 Å². The molecule has 1 heterocycles. The van der Waals surface area contributed by atoms with E-state index in [9.17, 15) is 8.42 Å². The third kappa shape index (κ3) is 4.43. The summed E-state index contributed by atoms with van der Waals surface area (Å²) in [5.41, 5.74) is 1.96. The molecule has 1 fully saturated rings. The average Bonchev–Trinajstić information content (AvgIpc) is 2.68. The highest BCUT2D eigenvalue weighted by atomic mass is 32.2. The molecule has 0 saturated carbocycles. The average molecular weight is 391 g/mol. The highest BCUT2D eigenvalue weighted by Crippen LogP contribution is 2.30. The molecule has 6 nitrogen and oxygen atoms in total. The summed E-state index contributed by atoms with van der Waals surface area (Å²) in [4.78, 5) is 0.170. The summed E-state index contributed by atoms with van der Waals surface area (Å²) in [6.45, 7) is 3.29. The van der Waals surface area contributed by atoms with Crippen molar-refractivity contribution in [3.63, 3.8) is 0 Å². The molecule has 146 valence electrons. The van der Waals surface area contributed by atoms with Gasteiger partial charge in [-0.25, -0.2) is 13.1 Å². The van der Waals surface area contributed by atoms with Crippen LogP contribution in [-0.2, 0) is 10.0 Å². The molecule has 0 bridgehead atoms. The fraction of sp³-hybridized carbons (Fsp3) is 0.400. The lowest BCUT2D eigenvalue weighted by atomic mass is 9.86. The van der Waals surface area contributed by atoms with E-state index in [0.717, 1.165) is 29.8 Å². The Morgan fingerprint density at radius 3 is 2.48 bits per heavy atom. The van der Waals surface area contributed by atoms with E-state index in [1.54, 1.807) is 19.2 Å². The van der Waals surface area contributed by atoms with Crippen molar-refractivity contribution < 1.29 is 17.9 Å². The van der Waals surface area contributed by atoms with Gasteiger partial charge in [0.2, 0.25) is 10.0 Å². The summed E-state index contributed by atoms with van der Waals surface area (Å²) in [7, 11) is -0.610. The van der Waals surface area contributed by atoms with Gasteiger partial charge >= 0.3 is 0 Å². The molecule has 2 atom stereocenters. The minimum Gasteiger partial charge on any atom is -0.497 e. The van der Waals surface area contributed by atoms with Crippen LogP contribution in [0, 0.1) is 6.92 Å². The number of aryl methyl sites for hydroxylation is 1. The van der Waals surface area contributed by atoms with Crippen LogP contribution in [-0.4, -0.2) is 41.8 Å². The highest BCUT2D eigenvalue weighted by molar-refractivity contribution is 7.89. The molecule has 3 rings (SSSR count). The Kier molecular flexibility index (Phi) is 6.04. The summed E-state index contributed by atoms with van der Waals surface area (Å²) in [6.07, 6.45) is 0.852. The maximum Gasteiger partial charge on any atom is 0.244 e. The van der Waals surface area contributed by atoms with Crippen molar-refractivity contribution in [2.24, 2.45) is 0 Å². The number of hydrogen-bond donors (Lipinski definition) is 2. The lowest BCUT2D eigenvalue weighted by Gasteiger charge is -2.33. The molecule has 1 saturated heterocycles. The number of ether oxygens (including phenoxy) is 2. The van der Waals surface area contributed by atoms with Crippen LogP contribution in [0.5, 0.6) is 11.5 Å². The van der Waals surface area contributed by atoms with Crippen molar-refractivity contribution in [3.05, 3.63) is 53.6 Å². The van der Waals surface area contributed by atoms with Crippen LogP contribution < -0.4 is 19.5 Å². The first-order valence-corrected chi connectivity index (χ1v) is 10.4. The van der Waals surface area contributed by atoms with Crippen molar-refractivity contribution in [2.45, 2.75) is 30.2 Å². The van der Waals surface area contributed by atoms with Gasteiger partial charge in [-0.05, 0) is 55.3 Å². The summed E-state index contributed by atoms with van der Waals surface area (Å²) in [5, 5.41) is 3.29. The molecule has 1 aliphatic rings. The zero-order valence-electron chi connectivity index (χ0n) is 15.9. The Bertz CT molecular complexity index is 881. The molecule has 2 aromatic rings. The summed E-state index contributed by atoms with van der Waals surface area (Å²) < 4.78 is 39.5. The Morgan fingerprint density at radius 1 is 1.07 bits per heavy atom. The summed E-state index contributed by atoms with van der Waals surface area (Å²) >= 11 is 0. The largest absolute Gasteiger partial charge is 0.497 e. The van der Waals surface area contributed by atoms with E-state index in [1.165, 1.54) is 7.11 Å². The van der Waals surface area contributed by atoms with Gasteiger partial charge in [-0.3, -0.25) is 0 Å². The molecule has 0 aliphatic carbocycles. The predicted molar refractivity (Wildman–Crippen MR) is 105 cm³/mol. The number of nitrogens with one attached hydrogen (secondary N) is 2. The van der Waals surface area contributed by atoms with E-state index < -0.39 is 10.0 Å². The van der Waals surface area contributed by atoms with Crippen molar-refractivity contribution in [1.82, 2.24) is 10.0 Å². The first-order valence-electron chi connectivity index (χ1n) is 8.96. The quantitative estimate of drug-likeness (QED) is 0.792. The maximum atomic E-state index is 13.1.